The summed E-state index contributed by atoms with van der Waals surface area (Å²) in [4.78, 5) is 23.6. The number of amides is 1. The van der Waals surface area contributed by atoms with Gasteiger partial charge in [-0.05, 0) is 24.6 Å². The lowest BCUT2D eigenvalue weighted by molar-refractivity contribution is -0.117. The predicted molar refractivity (Wildman–Crippen MR) is 125 cm³/mol. The lowest BCUT2D eigenvalue weighted by atomic mass is 10.1. The molecule has 0 radical (unpaired) electrons. The maximum atomic E-state index is 13.5. The van der Waals surface area contributed by atoms with Crippen LogP contribution in [0.15, 0.2) is 36.9 Å². The molecule has 13 heteroatoms. The molecule has 1 unspecified atom stereocenters. The Balaban J connectivity index is 1.31. The fraction of sp³-hybridized carbons (Fsp3) is 0.261. The summed E-state index contributed by atoms with van der Waals surface area (Å²) in [5, 5.41) is 14.4. The highest BCUT2D eigenvalue weighted by Gasteiger charge is 2.35. The zero-order valence-corrected chi connectivity index (χ0v) is 19.6. The molecule has 36 heavy (non-hydrogen) atoms. The van der Waals surface area contributed by atoms with Gasteiger partial charge in [0.25, 0.3) is 5.91 Å². The topological polar surface area (TPSA) is 106 Å². The number of fused-ring (bicyclic) bond motifs is 1. The molecule has 186 valence electrons. The van der Waals surface area contributed by atoms with Crippen LogP contribution in [0, 0.1) is 24.4 Å². The molecule has 0 aliphatic carbocycles. The Morgan fingerprint density at radius 3 is 2.47 bits per heavy atom. The third-order valence-corrected chi connectivity index (χ3v) is 5.85. The predicted octanol–water partition coefficient (Wildman–Crippen LogP) is 2.92. The first-order chi connectivity index (χ1) is 17.2. The zero-order valence-electron chi connectivity index (χ0n) is 19.6. The number of hydrogen-bond donors (Lipinski definition) is 2. The molecule has 1 amide bonds. The summed E-state index contributed by atoms with van der Waals surface area (Å²) in [7, 11) is 3.57. The molecular weight excluding hydrogens is 475 g/mol. The molecule has 1 atom stereocenters. The van der Waals surface area contributed by atoms with E-state index in [1.807, 2.05) is 0 Å². The molecule has 1 aromatic carbocycles. The van der Waals surface area contributed by atoms with Gasteiger partial charge < -0.3 is 15.5 Å². The summed E-state index contributed by atoms with van der Waals surface area (Å²) >= 11 is 0. The Morgan fingerprint density at radius 1 is 1.03 bits per heavy atom. The van der Waals surface area contributed by atoms with Gasteiger partial charge in [0.05, 0.1) is 24.6 Å². The Bertz CT molecular complexity index is 1440. The number of nitrogens with one attached hydrogen (secondary N) is 2. The van der Waals surface area contributed by atoms with Crippen LogP contribution in [0.5, 0.6) is 0 Å². The largest absolute Gasteiger partial charge is 0.350 e. The molecule has 4 aromatic rings. The second-order valence-corrected chi connectivity index (χ2v) is 8.55. The molecule has 4 heterocycles. The number of carbonyl (C=O) groups is 1. The van der Waals surface area contributed by atoms with Crippen LogP contribution in [0.25, 0.3) is 0 Å². The van der Waals surface area contributed by atoms with Crippen LogP contribution < -0.4 is 15.5 Å². The number of aromatic nitrogens is 6. The molecular formula is C23H22F3N9O. The maximum Gasteiger partial charge on any atom is 0.252 e. The summed E-state index contributed by atoms with van der Waals surface area (Å²) in [5.74, 6) is -3.26. The molecule has 1 aliphatic rings. The van der Waals surface area contributed by atoms with Crippen LogP contribution in [-0.4, -0.2) is 42.5 Å². The van der Waals surface area contributed by atoms with E-state index in [9.17, 15) is 18.0 Å². The van der Waals surface area contributed by atoms with Gasteiger partial charge in [0.15, 0.2) is 23.3 Å². The average Bonchev–Trinajstić information content (AvgIpc) is 3.45. The lowest BCUT2D eigenvalue weighted by Gasteiger charge is -2.34. The number of carbonyl (C=O) groups excluding carboxylic acids is 1. The van der Waals surface area contributed by atoms with E-state index in [4.69, 9.17) is 0 Å². The molecule has 0 bridgehead atoms. The third-order valence-electron chi connectivity index (χ3n) is 5.85. The van der Waals surface area contributed by atoms with E-state index in [1.54, 1.807) is 55.4 Å². The van der Waals surface area contributed by atoms with Crippen molar-refractivity contribution in [1.29, 1.82) is 0 Å². The van der Waals surface area contributed by atoms with E-state index >= 15 is 0 Å². The Hall–Kier alpha value is -4.42. The van der Waals surface area contributed by atoms with E-state index < -0.39 is 23.5 Å². The van der Waals surface area contributed by atoms with Gasteiger partial charge in [-0.15, -0.1) is 0 Å². The van der Waals surface area contributed by atoms with Crippen molar-refractivity contribution in [1.82, 2.24) is 29.5 Å². The van der Waals surface area contributed by atoms with Crippen LogP contribution >= 0.6 is 0 Å². The van der Waals surface area contributed by atoms with E-state index in [2.05, 4.69) is 30.8 Å². The fourth-order valence-corrected chi connectivity index (χ4v) is 4.14. The van der Waals surface area contributed by atoms with E-state index in [0.717, 1.165) is 23.3 Å². The van der Waals surface area contributed by atoms with Gasteiger partial charge in [-0.2, -0.15) is 15.2 Å². The van der Waals surface area contributed by atoms with Crippen LogP contribution in [0.1, 0.15) is 28.4 Å². The number of nitrogens with zero attached hydrogens (tertiary/aromatic N) is 7. The zero-order chi connectivity index (χ0) is 25.6. The number of halogens is 3. The molecule has 1 aliphatic heterocycles. The lowest BCUT2D eigenvalue weighted by Crippen LogP contribution is -2.40. The Labute approximate surface area is 203 Å². The van der Waals surface area contributed by atoms with Crippen LogP contribution in [0.2, 0.25) is 0 Å². The Kier molecular flexibility index (Phi) is 5.82. The summed E-state index contributed by atoms with van der Waals surface area (Å²) in [6, 6.07) is 1.29. The Morgan fingerprint density at radius 2 is 1.78 bits per heavy atom. The van der Waals surface area contributed by atoms with Crippen molar-refractivity contribution in [3.63, 3.8) is 0 Å². The van der Waals surface area contributed by atoms with Gasteiger partial charge in [-0.3, -0.25) is 14.2 Å². The van der Waals surface area contributed by atoms with Gasteiger partial charge in [-0.25, -0.2) is 18.2 Å². The first kappa shape index (κ1) is 23.3. The molecule has 3 aromatic heterocycles. The van der Waals surface area contributed by atoms with Gasteiger partial charge in [0.1, 0.15) is 11.7 Å². The SMILES string of the molecule is Cc1nc(NCc2cnn(Cc3cc(F)c(F)c(F)c3)c2)nc2c1NC(=O)C(c1cnn(C)c1)N2C. The number of aryl methyl sites for hydroxylation is 2. The fourth-order valence-electron chi connectivity index (χ4n) is 4.14. The molecule has 10 nitrogen and oxygen atoms in total. The molecule has 0 spiro atoms. The highest BCUT2D eigenvalue weighted by atomic mass is 19.2. The highest BCUT2D eigenvalue weighted by Crippen LogP contribution is 2.37. The monoisotopic (exact) mass is 497 g/mol. The molecule has 0 saturated carbocycles. The van der Waals surface area contributed by atoms with Crippen molar-refractivity contribution in [3.8, 4) is 0 Å². The van der Waals surface area contributed by atoms with Gasteiger partial charge in [-0.1, -0.05) is 0 Å². The van der Waals surface area contributed by atoms with Crippen molar-refractivity contribution in [2.24, 2.45) is 7.05 Å². The summed E-state index contributed by atoms with van der Waals surface area (Å²) in [6.07, 6.45) is 6.72. The van der Waals surface area contributed by atoms with Crippen LogP contribution in [-0.2, 0) is 24.9 Å². The highest BCUT2D eigenvalue weighted by molar-refractivity contribution is 6.03. The van der Waals surface area contributed by atoms with Crippen LogP contribution in [0.4, 0.5) is 30.6 Å². The molecule has 0 fully saturated rings. The van der Waals surface area contributed by atoms with Crippen LogP contribution in [0.3, 0.4) is 0 Å². The first-order valence-corrected chi connectivity index (χ1v) is 11.0. The third kappa shape index (κ3) is 4.34. The molecule has 0 saturated heterocycles. The summed E-state index contributed by atoms with van der Waals surface area (Å²) in [5.41, 5.74) is 2.90. The number of likely N-dealkylation sites (N-methyl/N-ethyl adjacent to an activating group) is 1. The van der Waals surface area contributed by atoms with E-state index in [-0.39, 0.29) is 18.0 Å². The van der Waals surface area contributed by atoms with Crippen molar-refractivity contribution in [2.75, 3.05) is 22.6 Å². The average molecular weight is 497 g/mol. The minimum atomic E-state index is -1.50. The number of rotatable bonds is 6. The van der Waals surface area contributed by atoms with E-state index in [1.165, 1.54) is 4.68 Å². The van der Waals surface area contributed by atoms with Crippen molar-refractivity contribution >= 4 is 23.4 Å². The number of anilines is 3. The van der Waals surface area contributed by atoms with Crippen molar-refractivity contribution in [2.45, 2.75) is 26.1 Å². The second kappa shape index (κ2) is 8.98. The van der Waals surface area contributed by atoms with Gasteiger partial charge >= 0.3 is 0 Å². The minimum absolute atomic E-state index is 0.0722. The first-order valence-electron chi connectivity index (χ1n) is 11.0. The minimum Gasteiger partial charge on any atom is -0.350 e. The number of benzene rings is 1. The number of hydrogen-bond acceptors (Lipinski definition) is 7. The van der Waals surface area contributed by atoms with Gasteiger partial charge in [0, 0.05) is 44.2 Å². The van der Waals surface area contributed by atoms with Gasteiger partial charge in [0.2, 0.25) is 5.95 Å². The maximum absolute atomic E-state index is 13.5. The summed E-state index contributed by atoms with van der Waals surface area (Å²) in [6.45, 7) is 2.18. The molecule has 5 rings (SSSR count). The summed E-state index contributed by atoms with van der Waals surface area (Å²) < 4.78 is 43.3. The quantitative estimate of drug-likeness (QED) is 0.395. The van der Waals surface area contributed by atoms with Crippen molar-refractivity contribution in [3.05, 3.63) is 76.8 Å². The van der Waals surface area contributed by atoms with Crippen molar-refractivity contribution < 1.29 is 18.0 Å². The second-order valence-electron chi connectivity index (χ2n) is 8.55. The smallest absolute Gasteiger partial charge is 0.252 e. The van der Waals surface area contributed by atoms with E-state index in [0.29, 0.717) is 29.7 Å². The standard InChI is InChI=1S/C23H22F3N9O/c1-12-19-21(34(3)20(22(36)31-19)15-8-28-33(2)11-15)32-23(30-12)27-6-14-7-29-35(10-14)9-13-4-16(24)18(26)17(25)5-13/h4-5,7-8,10-11,20H,6,9H2,1-3H3,(H,31,36)(H,27,30,32). The molecule has 2 N–H and O–H groups in total. The normalized spacial score (nSPS) is 15.1.